The molecule has 1 unspecified atom stereocenters. The van der Waals surface area contributed by atoms with Gasteiger partial charge in [-0.15, -0.1) is 0 Å². The molecular formula is C16H23N3. The molecule has 19 heavy (non-hydrogen) atoms. The van der Waals surface area contributed by atoms with E-state index in [9.17, 15) is 0 Å². The van der Waals surface area contributed by atoms with Crippen LogP contribution in [0.3, 0.4) is 0 Å². The van der Waals surface area contributed by atoms with Crippen molar-refractivity contribution in [1.82, 2.24) is 9.88 Å². The molecule has 0 aliphatic carbocycles. The van der Waals surface area contributed by atoms with Gasteiger partial charge in [-0.25, -0.2) is 0 Å². The Morgan fingerprint density at radius 3 is 2.58 bits per heavy atom. The number of benzene rings is 1. The maximum absolute atomic E-state index is 6.04. The third-order valence-corrected chi connectivity index (χ3v) is 3.71. The van der Waals surface area contributed by atoms with Crippen LogP contribution in [0, 0.1) is 0 Å². The lowest BCUT2D eigenvalue weighted by Gasteiger charge is -2.34. The number of pyridine rings is 1. The first-order valence-corrected chi connectivity index (χ1v) is 6.97. The zero-order chi connectivity index (χ0) is 13.8. The molecule has 0 aliphatic rings. The number of rotatable bonds is 5. The predicted octanol–water partition coefficient (Wildman–Crippen LogP) is 2.96. The quantitative estimate of drug-likeness (QED) is 0.895. The van der Waals surface area contributed by atoms with E-state index >= 15 is 0 Å². The van der Waals surface area contributed by atoms with E-state index in [-0.39, 0.29) is 6.04 Å². The van der Waals surface area contributed by atoms with Crippen LogP contribution in [0.5, 0.6) is 0 Å². The number of hydrogen-bond donors (Lipinski definition) is 1. The normalized spacial score (nSPS) is 13.4. The van der Waals surface area contributed by atoms with Gasteiger partial charge in [-0.05, 0) is 31.3 Å². The minimum Gasteiger partial charge on any atom is -0.329 e. The monoisotopic (exact) mass is 257 g/mol. The van der Waals surface area contributed by atoms with Crippen molar-refractivity contribution in [3.05, 3.63) is 42.2 Å². The maximum Gasteiger partial charge on any atom is 0.0494 e. The molecular weight excluding hydrogens is 234 g/mol. The highest BCUT2D eigenvalue weighted by atomic mass is 15.2. The molecule has 0 saturated carbocycles. The molecule has 0 amide bonds. The van der Waals surface area contributed by atoms with E-state index in [2.05, 4.69) is 48.9 Å². The van der Waals surface area contributed by atoms with Gasteiger partial charge in [-0.1, -0.05) is 31.2 Å². The lowest BCUT2D eigenvalue weighted by molar-refractivity contribution is 0.167. The second-order valence-corrected chi connectivity index (χ2v) is 5.13. The Hall–Kier alpha value is -1.45. The number of aromatic nitrogens is 1. The fraction of sp³-hybridized carbons (Fsp3) is 0.438. The van der Waals surface area contributed by atoms with Crippen LogP contribution in [0.25, 0.3) is 10.8 Å². The second-order valence-electron chi connectivity index (χ2n) is 5.13. The van der Waals surface area contributed by atoms with Crippen molar-refractivity contribution in [3.8, 4) is 0 Å². The number of nitrogens with zero attached hydrogens (tertiary/aromatic N) is 2. The molecule has 102 valence electrons. The van der Waals surface area contributed by atoms with Crippen LogP contribution in [0.2, 0.25) is 0 Å². The molecule has 3 nitrogen and oxygen atoms in total. The highest BCUT2D eigenvalue weighted by Crippen LogP contribution is 2.27. The van der Waals surface area contributed by atoms with Gasteiger partial charge < -0.3 is 5.73 Å². The van der Waals surface area contributed by atoms with Gasteiger partial charge >= 0.3 is 0 Å². The van der Waals surface area contributed by atoms with E-state index in [4.69, 9.17) is 5.73 Å². The zero-order valence-corrected chi connectivity index (χ0v) is 12.0. The SMILES string of the molecule is CCN(C(C)C)C(CN)c1cncc2ccccc12. The van der Waals surface area contributed by atoms with Crippen LogP contribution in [0.15, 0.2) is 36.7 Å². The fourth-order valence-corrected chi connectivity index (χ4v) is 2.79. The van der Waals surface area contributed by atoms with Gasteiger partial charge in [-0.3, -0.25) is 9.88 Å². The summed E-state index contributed by atoms with van der Waals surface area (Å²) in [4.78, 5) is 6.80. The van der Waals surface area contributed by atoms with Gasteiger partial charge in [0.25, 0.3) is 0 Å². The van der Waals surface area contributed by atoms with Gasteiger partial charge in [-0.2, -0.15) is 0 Å². The van der Waals surface area contributed by atoms with Crippen LogP contribution in [0.1, 0.15) is 32.4 Å². The lowest BCUT2D eigenvalue weighted by atomic mass is 9.99. The zero-order valence-electron chi connectivity index (χ0n) is 12.0. The molecule has 2 aromatic rings. The molecule has 1 aromatic carbocycles. The first-order valence-electron chi connectivity index (χ1n) is 6.97. The fourth-order valence-electron chi connectivity index (χ4n) is 2.79. The summed E-state index contributed by atoms with van der Waals surface area (Å²) in [5.74, 6) is 0. The van der Waals surface area contributed by atoms with Crippen molar-refractivity contribution in [2.75, 3.05) is 13.1 Å². The van der Waals surface area contributed by atoms with Gasteiger partial charge in [0.15, 0.2) is 0 Å². The summed E-state index contributed by atoms with van der Waals surface area (Å²) < 4.78 is 0. The van der Waals surface area contributed by atoms with E-state index in [0.29, 0.717) is 12.6 Å². The van der Waals surface area contributed by atoms with Crippen LogP contribution in [-0.2, 0) is 0 Å². The maximum atomic E-state index is 6.04. The molecule has 0 spiro atoms. The first kappa shape index (κ1) is 14.0. The third kappa shape index (κ3) is 2.77. The molecule has 1 aromatic heterocycles. The number of likely N-dealkylation sites (N-methyl/N-ethyl adjacent to an activating group) is 1. The minimum atomic E-state index is 0.226. The summed E-state index contributed by atoms with van der Waals surface area (Å²) in [6.45, 7) is 8.21. The van der Waals surface area contributed by atoms with Crippen LogP contribution in [0.4, 0.5) is 0 Å². The molecule has 3 heteroatoms. The molecule has 0 saturated heterocycles. The summed E-state index contributed by atoms with van der Waals surface area (Å²) in [6.07, 6.45) is 3.88. The smallest absolute Gasteiger partial charge is 0.0494 e. The van der Waals surface area contributed by atoms with E-state index < -0.39 is 0 Å². The number of nitrogens with two attached hydrogens (primary N) is 1. The Bertz CT molecular complexity index is 531. The highest BCUT2D eigenvalue weighted by Gasteiger charge is 2.22. The average molecular weight is 257 g/mol. The molecule has 1 atom stereocenters. The topological polar surface area (TPSA) is 42.1 Å². The van der Waals surface area contributed by atoms with Crippen LogP contribution in [-0.4, -0.2) is 29.0 Å². The largest absolute Gasteiger partial charge is 0.329 e. The highest BCUT2D eigenvalue weighted by molar-refractivity contribution is 5.85. The molecule has 0 aliphatic heterocycles. The third-order valence-electron chi connectivity index (χ3n) is 3.71. The second kappa shape index (κ2) is 6.13. The molecule has 2 N–H and O–H groups in total. The summed E-state index contributed by atoms with van der Waals surface area (Å²) >= 11 is 0. The van der Waals surface area contributed by atoms with Gasteiger partial charge in [0, 0.05) is 36.4 Å². The summed E-state index contributed by atoms with van der Waals surface area (Å²) in [5, 5.41) is 2.44. The van der Waals surface area contributed by atoms with Crippen LogP contribution < -0.4 is 5.73 Å². The van der Waals surface area contributed by atoms with Crippen molar-refractivity contribution >= 4 is 10.8 Å². The van der Waals surface area contributed by atoms with Crippen molar-refractivity contribution in [2.45, 2.75) is 32.9 Å². The average Bonchev–Trinajstić information content (AvgIpc) is 2.43. The van der Waals surface area contributed by atoms with Gasteiger partial charge in [0.2, 0.25) is 0 Å². The van der Waals surface area contributed by atoms with E-state index in [1.807, 2.05) is 18.5 Å². The van der Waals surface area contributed by atoms with Gasteiger partial charge in [0.05, 0.1) is 0 Å². The number of fused-ring (bicyclic) bond motifs is 1. The Kier molecular flexibility index (Phi) is 4.51. The summed E-state index contributed by atoms with van der Waals surface area (Å²) in [7, 11) is 0. The van der Waals surface area contributed by atoms with E-state index in [1.165, 1.54) is 16.3 Å². The molecule has 0 radical (unpaired) electrons. The summed E-state index contributed by atoms with van der Waals surface area (Å²) in [6, 6.07) is 9.08. The molecule has 0 bridgehead atoms. The van der Waals surface area contributed by atoms with Crippen molar-refractivity contribution in [1.29, 1.82) is 0 Å². The van der Waals surface area contributed by atoms with Crippen molar-refractivity contribution in [2.24, 2.45) is 5.73 Å². The van der Waals surface area contributed by atoms with Crippen LogP contribution >= 0.6 is 0 Å². The minimum absolute atomic E-state index is 0.226. The molecule has 1 heterocycles. The van der Waals surface area contributed by atoms with E-state index in [1.54, 1.807) is 0 Å². The molecule has 0 fully saturated rings. The Balaban J connectivity index is 2.51. The standard InChI is InChI=1S/C16H23N3/c1-4-19(12(2)3)16(9-17)15-11-18-10-13-7-5-6-8-14(13)15/h5-8,10-12,16H,4,9,17H2,1-3H3. The van der Waals surface area contributed by atoms with Crippen molar-refractivity contribution in [3.63, 3.8) is 0 Å². The van der Waals surface area contributed by atoms with E-state index in [0.717, 1.165) is 6.54 Å². The number of hydrogen-bond acceptors (Lipinski definition) is 3. The Morgan fingerprint density at radius 2 is 1.95 bits per heavy atom. The lowest BCUT2D eigenvalue weighted by Crippen LogP contribution is -2.38. The van der Waals surface area contributed by atoms with Gasteiger partial charge in [0.1, 0.15) is 0 Å². The Morgan fingerprint density at radius 1 is 1.21 bits per heavy atom. The molecule has 2 rings (SSSR count). The predicted molar refractivity (Wildman–Crippen MR) is 81.1 cm³/mol. The first-order chi connectivity index (χ1) is 9.19. The Labute approximate surface area is 115 Å². The summed E-state index contributed by atoms with van der Waals surface area (Å²) in [5.41, 5.74) is 7.27. The van der Waals surface area contributed by atoms with Crippen molar-refractivity contribution < 1.29 is 0 Å².